The maximum absolute atomic E-state index is 12.1. The first-order valence-electron chi connectivity index (χ1n) is 8.87. The zero-order chi connectivity index (χ0) is 21.2. The minimum Gasteiger partial charge on any atom is -0.493 e. The van der Waals surface area contributed by atoms with Gasteiger partial charge in [0.05, 0.1) is 25.6 Å². The molecule has 0 spiro atoms. The van der Waals surface area contributed by atoms with Gasteiger partial charge in [0.25, 0.3) is 0 Å². The van der Waals surface area contributed by atoms with Crippen molar-refractivity contribution >= 4 is 46.2 Å². The Morgan fingerprint density at radius 3 is 2.76 bits per heavy atom. The molecule has 1 heterocycles. The average Bonchev–Trinajstić information content (AvgIpc) is 3.12. The van der Waals surface area contributed by atoms with Crippen LogP contribution in [0.25, 0.3) is 6.08 Å². The average molecular weight is 438 g/mol. The Kier molecular flexibility index (Phi) is 8.94. The summed E-state index contributed by atoms with van der Waals surface area (Å²) in [4.78, 5) is 23.5. The Labute approximate surface area is 177 Å². The molecule has 0 bridgehead atoms. The standard InChI is InChI=1S/C19H23N3O5S2/c1-5-26-17(24)11-28-19-22-21-18(29-19)20-16(23)9-7-13-6-8-14(27-12(2)3)15(10-13)25-4/h6-10,12H,5,11H2,1-4H3,(H,20,21,23)/b9-7+. The molecule has 0 unspecified atom stereocenters. The molecule has 1 amide bonds. The van der Waals surface area contributed by atoms with Gasteiger partial charge >= 0.3 is 5.97 Å². The molecule has 0 aliphatic carbocycles. The molecule has 10 heteroatoms. The zero-order valence-corrected chi connectivity index (χ0v) is 18.3. The summed E-state index contributed by atoms with van der Waals surface area (Å²) in [6.07, 6.45) is 3.09. The summed E-state index contributed by atoms with van der Waals surface area (Å²) in [5.74, 6) is 0.722. The summed E-state index contributed by atoms with van der Waals surface area (Å²) in [7, 11) is 1.57. The summed E-state index contributed by atoms with van der Waals surface area (Å²) in [6, 6.07) is 5.42. The van der Waals surface area contributed by atoms with Crippen LogP contribution in [0.15, 0.2) is 28.6 Å². The van der Waals surface area contributed by atoms with Gasteiger partial charge in [-0.1, -0.05) is 29.2 Å². The number of thioether (sulfide) groups is 1. The van der Waals surface area contributed by atoms with Crippen LogP contribution < -0.4 is 14.8 Å². The first-order chi connectivity index (χ1) is 13.9. The molecule has 8 nitrogen and oxygen atoms in total. The molecule has 2 rings (SSSR count). The van der Waals surface area contributed by atoms with E-state index in [9.17, 15) is 9.59 Å². The summed E-state index contributed by atoms with van der Waals surface area (Å²) in [6.45, 7) is 5.96. The molecular formula is C19H23N3O5S2. The van der Waals surface area contributed by atoms with Crippen molar-refractivity contribution in [2.75, 3.05) is 24.8 Å². The molecule has 1 aromatic heterocycles. The monoisotopic (exact) mass is 437 g/mol. The number of ether oxygens (including phenoxy) is 3. The number of carbonyl (C=O) groups excluding carboxylic acids is 2. The molecule has 1 N–H and O–H groups in total. The zero-order valence-electron chi connectivity index (χ0n) is 16.6. The van der Waals surface area contributed by atoms with Gasteiger partial charge < -0.3 is 14.2 Å². The van der Waals surface area contributed by atoms with Gasteiger partial charge in [0.1, 0.15) is 0 Å². The van der Waals surface area contributed by atoms with Crippen molar-refractivity contribution in [1.82, 2.24) is 10.2 Å². The molecule has 0 aliphatic heterocycles. The first-order valence-corrected chi connectivity index (χ1v) is 10.7. The van der Waals surface area contributed by atoms with Crippen molar-refractivity contribution in [2.45, 2.75) is 31.2 Å². The molecule has 0 fully saturated rings. The van der Waals surface area contributed by atoms with Gasteiger partial charge in [0.15, 0.2) is 15.8 Å². The summed E-state index contributed by atoms with van der Waals surface area (Å²) in [5.41, 5.74) is 0.788. The fourth-order valence-electron chi connectivity index (χ4n) is 2.10. The quantitative estimate of drug-likeness (QED) is 0.260. The van der Waals surface area contributed by atoms with Gasteiger partial charge in [-0.15, -0.1) is 10.2 Å². The normalized spacial score (nSPS) is 10.9. The van der Waals surface area contributed by atoms with Crippen molar-refractivity contribution in [3.63, 3.8) is 0 Å². The molecule has 0 saturated carbocycles. The van der Waals surface area contributed by atoms with E-state index in [-0.39, 0.29) is 23.7 Å². The van der Waals surface area contributed by atoms with Crippen LogP contribution in [0.3, 0.4) is 0 Å². The summed E-state index contributed by atoms with van der Waals surface area (Å²) in [5, 5.41) is 10.8. The third-order valence-corrected chi connectivity index (χ3v) is 5.18. The largest absolute Gasteiger partial charge is 0.493 e. The SMILES string of the molecule is CCOC(=O)CSc1nnc(NC(=O)/C=C/c2ccc(OC(C)C)c(OC)c2)s1. The molecule has 156 valence electrons. The second-order valence-corrected chi connectivity index (χ2v) is 8.07. The molecule has 1 aromatic carbocycles. The lowest BCUT2D eigenvalue weighted by atomic mass is 10.2. The number of rotatable bonds is 10. The molecule has 29 heavy (non-hydrogen) atoms. The summed E-state index contributed by atoms with van der Waals surface area (Å²) < 4.78 is 16.4. The van der Waals surface area contributed by atoms with Crippen molar-refractivity contribution in [1.29, 1.82) is 0 Å². The smallest absolute Gasteiger partial charge is 0.316 e. The minimum absolute atomic E-state index is 0.0309. The van der Waals surface area contributed by atoms with Crippen LogP contribution >= 0.6 is 23.1 Å². The number of esters is 1. The number of hydrogen-bond acceptors (Lipinski definition) is 9. The topological polar surface area (TPSA) is 99.6 Å². The van der Waals surface area contributed by atoms with Crippen LogP contribution in [0.2, 0.25) is 0 Å². The van der Waals surface area contributed by atoms with E-state index >= 15 is 0 Å². The highest BCUT2D eigenvalue weighted by atomic mass is 32.2. The lowest BCUT2D eigenvalue weighted by molar-refractivity contribution is -0.139. The lowest BCUT2D eigenvalue weighted by Crippen LogP contribution is -2.07. The van der Waals surface area contributed by atoms with E-state index in [2.05, 4.69) is 15.5 Å². The lowest BCUT2D eigenvalue weighted by Gasteiger charge is -2.13. The fraction of sp³-hybridized carbons (Fsp3) is 0.368. The predicted octanol–water partition coefficient (Wildman–Crippen LogP) is 3.64. The van der Waals surface area contributed by atoms with Crippen LogP contribution in [0.4, 0.5) is 5.13 Å². The Morgan fingerprint density at radius 2 is 2.07 bits per heavy atom. The third kappa shape index (κ3) is 7.74. The van der Waals surface area contributed by atoms with Gasteiger partial charge in [0, 0.05) is 6.08 Å². The van der Waals surface area contributed by atoms with E-state index in [1.165, 1.54) is 29.2 Å². The number of nitrogens with one attached hydrogen (secondary N) is 1. The molecule has 0 aliphatic rings. The maximum atomic E-state index is 12.1. The van der Waals surface area contributed by atoms with Gasteiger partial charge in [-0.05, 0) is 44.5 Å². The molecule has 0 radical (unpaired) electrons. The highest BCUT2D eigenvalue weighted by Crippen LogP contribution is 2.29. The van der Waals surface area contributed by atoms with E-state index < -0.39 is 0 Å². The number of anilines is 1. The molecule has 0 saturated heterocycles. The summed E-state index contributed by atoms with van der Waals surface area (Å²) >= 11 is 2.40. The Balaban J connectivity index is 1.92. The van der Waals surface area contributed by atoms with Crippen LogP contribution in [0.5, 0.6) is 11.5 Å². The number of amides is 1. The number of nitrogens with zero attached hydrogens (tertiary/aromatic N) is 2. The molecule has 2 aromatic rings. The van der Waals surface area contributed by atoms with Crippen LogP contribution in [-0.4, -0.2) is 47.6 Å². The second kappa shape index (κ2) is 11.4. The van der Waals surface area contributed by atoms with E-state index in [0.29, 0.717) is 27.6 Å². The van der Waals surface area contributed by atoms with Crippen molar-refractivity contribution in [3.05, 3.63) is 29.8 Å². The van der Waals surface area contributed by atoms with E-state index in [4.69, 9.17) is 14.2 Å². The van der Waals surface area contributed by atoms with Gasteiger partial charge in [-0.2, -0.15) is 0 Å². The van der Waals surface area contributed by atoms with Gasteiger partial charge in [-0.3, -0.25) is 14.9 Å². The third-order valence-electron chi connectivity index (χ3n) is 3.23. The van der Waals surface area contributed by atoms with Gasteiger partial charge in [0.2, 0.25) is 11.0 Å². The van der Waals surface area contributed by atoms with E-state index in [1.54, 1.807) is 32.2 Å². The van der Waals surface area contributed by atoms with Crippen molar-refractivity contribution in [3.8, 4) is 11.5 Å². The molecular weight excluding hydrogens is 414 g/mol. The molecule has 0 atom stereocenters. The number of hydrogen-bond donors (Lipinski definition) is 1. The van der Waals surface area contributed by atoms with Gasteiger partial charge in [-0.25, -0.2) is 0 Å². The predicted molar refractivity (Wildman–Crippen MR) is 114 cm³/mol. The Morgan fingerprint density at radius 1 is 1.28 bits per heavy atom. The van der Waals surface area contributed by atoms with Crippen LogP contribution in [-0.2, 0) is 14.3 Å². The fourth-order valence-corrected chi connectivity index (χ4v) is 3.65. The first kappa shape index (κ1) is 22.7. The van der Waals surface area contributed by atoms with Crippen LogP contribution in [0, 0.1) is 0 Å². The van der Waals surface area contributed by atoms with Crippen molar-refractivity contribution < 1.29 is 23.8 Å². The van der Waals surface area contributed by atoms with E-state index in [1.807, 2.05) is 19.9 Å². The highest BCUT2D eigenvalue weighted by Gasteiger charge is 2.10. The van der Waals surface area contributed by atoms with E-state index in [0.717, 1.165) is 5.56 Å². The van der Waals surface area contributed by atoms with Crippen molar-refractivity contribution in [2.24, 2.45) is 0 Å². The minimum atomic E-state index is -0.343. The number of methoxy groups -OCH3 is 1. The maximum Gasteiger partial charge on any atom is 0.316 e. The highest BCUT2D eigenvalue weighted by molar-refractivity contribution is 8.01. The number of benzene rings is 1. The Hall–Kier alpha value is -2.59. The number of aromatic nitrogens is 2. The second-order valence-electron chi connectivity index (χ2n) is 5.87. The number of carbonyl (C=O) groups is 2. The Bertz CT molecular complexity index is 867. The van der Waals surface area contributed by atoms with Crippen LogP contribution in [0.1, 0.15) is 26.3 Å².